The van der Waals surface area contributed by atoms with Gasteiger partial charge < -0.3 is 5.32 Å². The van der Waals surface area contributed by atoms with E-state index < -0.39 is 0 Å². The van der Waals surface area contributed by atoms with Crippen LogP contribution in [0.4, 0.5) is 0 Å². The van der Waals surface area contributed by atoms with Crippen molar-refractivity contribution in [1.29, 1.82) is 0 Å². The molecule has 1 amide bonds. The van der Waals surface area contributed by atoms with E-state index in [4.69, 9.17) is 0 Å². The maximum atomic E-state index is 12.1. The third-order valence-electron chi connectivity index (χ3n) is 3.76. The fourth-order valence-electron chi connectivity index (χ4n) is 2.44. The van der Waals surface area contributed by atoms with Crippen molar-refractivity contribution in [1.82, 2.24) is 14.9 Å². The normalized spacial score (nSPS) is 14.3. The van der Waals surface area contributed by atoms with E-state index in [1.807, 2.05) is 53.1 Å². The van der Waals surface area contributed by atoms with E-state index in [9.17, 15) is 4.79 Å². The van der Waals surface area contributed by atoms with E-state index in [1.54, 1.807) is 6.33 Å². The SMILES string of the molecule is O=C(NC1CC1)c1ccc2c(c1)ncn2-c1ccccc1. The second-order valence-electron chi connectivity index (χ2n) is 5.40. The average Bonchev–Trinajstić information content (AvgIpc) is 3.24. The number of para-hydroxylation sites is 1. The zero-order valence-corrected chi connectivity index (χ0v) is 11.5. The predicted octanol–water partition coefficient (Wildman–Crippen LogP) is 2.92. The summed E-state index contributed by atoms with van der Waals surface area (Å²) >= 11 is 0. The first-order valence-electron chi connectivity index (χ1n) is 7.15. The van der Waals surface area contributed by atoms with Crippen molar-refractivity contribution in [2.24, 2.45) is 0 Å². The van der Waals surface area contributed by atoms with E-state index in [1.165, 1.54) is 0 Å². The molecular weight excluding hydrogens is 262 g/mol. The van der Waals surface area contributed by atoms with E-state index in [0.29, 0.717) is 11.6 Å². The van der Waals surface area contributed by atoms with Crippen molar-refractivity contribution in [3.8, 4) is 5.69 Å². The first-order chi connectivity index (χ1) is 10.3. The molecule has 0 atom stereocenters. The van der Waals surface area contributed by atoms with Crippen molar-refractivity contribution in [2.45, 2.75) is 18.9 Å². The minimum Gasteiger partial charge on any atom is -0.349 e. The van der Waals surface area contributed by atoms with Crippen molar-refractivity contribution in [3.05, 3.63) is 60.4 Å². The van der Waals surface area contributed by atoms with Crippen LogP contribution < -0.4 is 5.32 Å². The maximum Gasteiger partial charge on any atom is 0.251 e. The molecule has 1 fully saturated rings. The Hall–Kier alpha value is -2.62. The monoisotopic (exact) mass is 277 g/mol. The van der Waals surface area contributed by atoms with Crippen LogP contribution >= 0.6 is 0 Å². The highest BCUT2D eigenvalue weighted by molar-refractivity contribution is 5.97. The Morgan fingerprint density at radius 1 is 1.14 bits per heavy atom. The molecule has 1 saturated carbocycles. The minimum absolute atomic E-state index is 0.00587. The minimum atomic E-state index is -0.00587. The number of amides is 1. The predicted molar refractivity (Wildman–Crippen MR) is 81.6 cm³/mol. The van der Waals surface area contributed by atoms with Crippen molar-refractivity contribution in [2.75, 3.05) is 0 Å². The molecule has 4 heteroatoms. The number of carbonyl (C=O) groups excluding carboxylic acids is 1. The van der Waals surface area contributed by atoms with Crippen molar-refractivity contribution in [3.63, 3.8) is 0 Å². The Balaban J connectivity index is 1.72. The molecule has 1 aromatic heterocycles. The highest BCUT2D eigenvalue weighted by Gasteiger charge is 2.23. The standard InChI is InChI=1S/C17H15N3O/c21-17(19-13-7-8-13)12-6-9-16-15(10-12)18-11-20(16)14-4-2-1-3-5-14/h1-6,9-11,13H,7-8H2,(H,19,21). The molecule has 21 heavy (non-hydrogen) atoms. The molecule has 104 valence electrons. The number of fused-ring (bicyclic) bond motifs is 1. The number of hydrogen-bond donors (Lipinski definition) is 1. The molecule has 1 aliphatic carbocycles. The van der Waals surface area contributed by atoms with Gasteiger partial charge in [-0.25, -0.2) is 4.98 Å². The molecule has 1 heterocycles. The lowest BCUT2D eigenvalue weighted by molar-refractivity contribution is 0.0951. The van der Waals surface area contributed by atoms with Gasteiger partial charge in [-0.15, -0.1) is 0 Å². The molecule has 0 spiro atoms. The molecular formula is C17H15N3O. The number of aromatic nitrogens is 2. The summed E-state index contributed by atoms with van der Waals surface area (Å²) in [6, 6.07) is 16.1. The first-order valence-corrected chi connectivity index (χ1v) is 7.15. The molecule has 0 bridgehead atoms. The smallest absolute Gasteiger partial charge is 0.251 e. The number of benzene rings is 2. The van der Waals surface area contributed by atoms with Gasteiger partial charge in [-0.1, -0.05) is 18.2 Å². The van der Waals surface area contributed by atoms with Crippen LogP contribution in [0.5, 0.6) is 0 Å². The fourth-order valence-corrected chi connectivity index (χ4v) is 2.44. The zero-order valence-electron chi connectivity index (χ0n) is 11.5. The lowest BCUT2D eigenvalue weighted by Crippen LogP contribution is -2.25. The van der Waals surface area contributed by atoms with Gasteiger partial charge >= 0.3 is 0 Å². The van der Waals surface area contributed by atoms with Crippen LogP contribution in [0.15, 0.2) is 54.9 Å². The number of carbonyl (C=O) groups is 1. The molecule has 0 radical (unpaired) electrons. The second-order valence-corrected chi connectivity index (χ2v) is 5.40. The average molecular weight is 277 g/mol. The van der Waals surface area contributed by atoms with Crippen LogP contribution in [0.25, 0.3) is 16.7 Å². The summed E-state index contributed by atoms with van der Waals surface area (Å²) in [7, 11) is 0. The molecule has 0 aliphatic heterocycles. The molecule has 2 aromatic carbocycles. The van der Waals surface area contributed by atoms with E-state index in [-0.39, 0.29) is 5.91 Å². The number of imidazole rings is 1. The lowest BCUT2D eigenvalue weighted by atomic mass is 10.2. The Morgan fingerprint density at radius 2 is 1.95 bits per heavy atom. The van der Waals surface area contributed by atoms with Crippen LogP contribution in [0.2, 0.25) is 0 Å². The largest absolute Gasteiger partial charge is 0.349 e. The quantitative estimate of drug-likeness (QED) is 0.800. The molecule has 1 aliphatic rings. The van der Waals surface area contributed by atoms with Gasteiger partial charge in [0.2, 0.25) is 0 Å². The number of rotatable bonds is 3. The fraction of sp³-hybridized carbons (Fsp3) is 0.176. The topological polar surface area (TPSA) is 46.9 Å². The number of nitrogens with one attached hydrogen (secondary N) is 1. The van der Waals surface area contributed by atoms with Crippen LogP contribution in [0.3, 0.4) is 0 Å². The van der Waals surface area contributed by atoms with Gasteiger partial charge in [0.05, 0.1) is 11.0 Å². The zero-order chi connectivity index (χ0) is 14.2. The summed E-state index contributed by atoms with van der Waals surface area (Å²) in [4.78, 5) is 16.5. The Kier molecular flexibility index (Phi) is 2.74. The van der Waals surface area contributed by atoms with Gasteiger partial charge in [-0.05, 0) is 43.2 Å². The van der Waals surface area contributed by atoms with Crippen LogP contribution in [-0.2, 0) is 0 Å². The van der Waals surface area contributed by atoms with Gasteiger partial charge in [0.25, 0.3) is 5.91 Å². The van der Waals surface area contributed by atoms with Crippen LogP contribution in [0.1, 0.15) is 23.2 Å². The lowest BCUT2D eigenvalue weighted by Gasteiger charge is -2.05. The summed E-state index contributed by atoms with van der Waals surface area (Å²) in [6.45, 7) is 0. The van der Waals surface area contributed by atoms with Crippen molar-refractivity contribution >= 4 is 16.9 Å². The summed E-state index contributed by atoms with van der Waals surface area (Å²) in [5, 5.41) is 3.00. The summed E-state index contributed by atoms with van der Waals surface area (Å²) in [5.74, 6) is -0.00587. The first kappa shape index (κ1) is 12.1. The molecule has 0 saturated heterocycles. The summed E-state index contributed by atoms with van der Waals surface area (Å²) in [6.07, 6.45) is 3.98. The summed E-state index contributed by atoms with van der Waals surface area (Å²) < 4.78 is 2.03. The Morgan fingerprint density at radius 3 is 2.71 bits per heavy atom. The Bertz CT molecular complexity index is 803. The summed E-state index contributed by atoms with van der Waals surface area (Å²) in [5.41, 5.74) is 3.58. The molecule has 4 nitrogen and oxygen atoms in total. The molecule has 4 rings (SSSR count). The van der Waals surface area contributed by atoms with Gasteiger partial charge in [0, 0.05) is 17.3 Å². The highest BCUT2D eigenvalue weighted by Crippen LogP contribution is 2.22. The number of hydrogen-bond acceptors (Lipinski definition) is 2. The third kappa shape index (κ3) is 2.29. The molecule has 3 aromatic rings. The van der Waals surface area contributed by atoms with Crippen LogP contribution in [-0.4, -0.2) is 21.5 Å². The van der Waals surface area contributed by atoms with Crippen LogP contribution in [0, 0.1) is 0 Å². The number of nitrogens with zero attached hydrogens (tertiary/aromatic N) is 2. The second kappa shape index (κ2) is 4.74. The highest BCUT2D eigenvalue weighted by atomic mass is 16.1. The van der Waals surface area contributed by atoms with E-state index in [2.05, 4.69) is 10.3 Å². The van der Waals surface area contributed by atoms with Gasteiger partial charge in [0.1, 0.15) is 6.33 Å². The van der Waals surface area contributed by atoms with E-state index in [0.717, 1.165) is 29.6 Å². The van der Waals surface area contributed by atoms with Gasteiger partial charge in [-0.2, -0.15) is 0 Å². The third-order valence-corrected chi connectivity index (χ3v) is 3.76. The maximum absolute atomic E-state index is 12.1. The Labute approximate surface area is 122 Å². The molecule has 0 unspecified atom stereocenters. The van der Waals surface area contributed by atoms with E-state index >= 15 is 0 Å². The van der Waals surface area contributed by atoms with Crippen molar-refractivity contribution < 1.29 is 4.79 Å². The van der Waals surface area contributed by atoms with Gasteiger partial charge in [0.15, 0.2) is 0 Å². The molecule has 1 N–H and O–H groups in total. The van der Waals surface area contributed by atoms with Gasteiger partial charge in [-0.3, -0.25) is 9.36 Å².